The molecule has 0 unspecified atom stereocenters. The number of rotatable bonds is 7. The van der Waals surface area contributed by atoms with Gasteiger partial charge in [0.25, 0.3) is 5.91 Å². The fourth-order valence-corrected chi connectivity index (χ4v) is 2.64. The second-order valence-electron chi connectivity index (χ2n) is 6.31. The molecule has 1 heterocycles. The highest BCUT2D eigenvalue weighted by Crippen LogP contribution is 2.16. The summed E-state index contributed by atoms with van der Waals surface area (Å²) in [7, 11) is 0. The molecular formula is C21H20FN5O2. The number of nitrogens with zero attached hydrogens (tertiary/aromatic N) is 2. The van der Waals surface area contributed by atoms with Crippen LogP contribution in [0.1, 0.15) is 23.0 Å². The molecule has 0 aliphatic heterocycles. The molecule has 3 rings (SSSR count). The summed E-state index contributed by atoms with van der Waals surface area (Å²) in [5.74, 6) is -0.343. The highest BCUT2D eigenvalue weighted by Gasteiger charge is 2.10. The summed E-state index contributed by atoms with van der Waals surface area (Å²) in [4.78, 5) is 31.8. The van der Waals surface area contributed by atoms with E-state index < -0.39 is 5.91 Å². The Balaban J connectivity index is 1.59. The summed E-state index contributed by atoms with van der Waals surface area (Å²) < 4.78 is 12.9. The van der Waals surface area contributed by atoms with Crippen molar-refractivity contribution in [2.75, 3.05) is 22.5 Å². The summed E-state index contributed by atoms with van der Waals surface area (Å²) in [6.07, 6.45) is 1.99. The SMILES string of the molecule is CC(=O)Nc1cccc(NC(=O)c2cc(NCCc3ccc(F)cc3)ncn2)c1. The van der Waals surface area contributed by atoms with Gasteiger partial charge in [-0.2, -0.15) is 0 Å². The summed E-state index contributed by atoms with van der Waals surface area (Å²) in [5, 5.41) is 8.53. The number of halogens is 1. The number of amides is 2. The number of anilines is 3. The van der Waals surface area contributed by atoms with Crippen molar-refractivity contribution in [3.8, 4) is 0 Å². The molecule has 0 radical (unpaired) electrons. The Morgan fingerprint density at radius 2 is 1.69 bits per heavy atom. The molecule has 0 bridgehead atoms. The minimum atomic E-state index is -0.394. The topological polar surface area (TPSA) is 96.0 Å². The van der Waals surface area contributed by atoms with Crippen LogP contribution in [0.25, 0.3) is 0 Å². The molecule has 0 atom stereocenters. The second kappa shape index (κ2) is 9.41. The van der Waals surface area contributed by atoms with E-state index >= 15 is 0 Å². The van der Waals surface area contributed by atoms with Crippen LogP contribution >= 0.6 is 0 Å². The van der Waals surface area contributed by atoms with Gasteiger partial charge in [-0.15, -0.1) is 0 Å². The smallest absolute Gasteiger partial charge is 0.274 e. The van der Waals surface area contributed by atoms with Gasteiger partial charge in [-0.1, -0.05) is 18.2 Å². The number of carbonyl (C=O) groups is 2. The third kappa shape index (κ3) is 6.10. The number of carbonyl (C=O) groups excluding carboxylic acids is 2. The zero-order valence-electron chi connectivity index (χ0n) is 15.8. The van der Waals surface area contributed by atoms with Crippen LogP contribution in [0.15, 0.2) is 60.9 Å². The lowest BCUT2D eigenvalue weighted by Crippen LogP contribution is -2.15. The van der Waals surface area contributed by atoms with Crippen LogP contribution in [0.2, 0.25) is 0 Å². The maximum Gasteiger partial charge on any atom is 0.274 e. The molecule has 0 saturated carbocycles. The van der Waals surface area contributed by atoms with E-state index in [9.17, 15) is 14.0 Å². The molecule has 8 heteroatoms. The Morgan fingerprint density at radius 3 is 2.41 bits per heavy atom. The van der Waals surface area contributed by atoms with Crippen molar-refractivity contribution in [3.63, 3.8) is 0 Å². The first kappa shape index (κ1) is 19.9. The first-order chi connectivity index (χ1) is 14.0. The molecule has 7 nitrogen and oxygen atoms in total. The highest BCUT2D eigenvalue weighted by molar-refractivity contribution is 6.03. The molecule has 3 aromatic rings. The number of nitrogens with one attached hydrogen (secondary N) is 3. The van der Waals surface area contributed by atoms with Crippen molar-refractivity contribution in [2.24, 2.45) is 0 Å². The molecule has 29 heavy (non-hydrogen) atoms. The van der Waals surface area contributed by atoms with Gasteiger partial charge in [0.05, 0.1) is 0 Å². The second-order valence-corrected chi connectivity index (χ2v) is 6.31. The van der Waals surface area contributed by atoms with Gasteiger partial charge in [0.15, 0.2) is 0 Å². The van der Waals surface area contributed by atoms with Gasteiger partial charge in [-0.05, 0) is 42.3 Å². The molecule has 0 aliphatic carbocycles. The Bertz CT molecular complexity index is 1010. The van der Waals surface area contributed by atoms with Crippen LogP contribution in [0.3, 0.4) is 0 Å². The van der Waals surface area contributed by atoms with Crippen LogP contribution in [0, 0.1) is 5.82 Å². The van der Waals surface area contributed by atoms with Crippen molar-refractivity contribution in [2.45, 2.75) is 13.3 Å². The van der Waals surface area contributed by atoms with Gasteiger partial charge in [0.1, 0.15) is 23.7 Å². The van der Waals surface area contributed by atoms with Crippen molar-refractivity contribution >= 4 is 29.0 Å². The summed E-state index contributed by atoms with van der Waals surface area (Å²) in [6, 6.07) is 14.7. The Morgan fingerprint density at radius 1 is 0.966 bits per heavy atom. The van der Waals surface area contributed by atoms with Crippen LogP contribution in [-0.2, 0) is 11.2 Å². The Hall–Kier alpha value is -3.81. The van der Waals surface area contributed by atoms with Gasteiger partial charge in [-0.3, -0.25) is 9.59 Å². The quantitative estimate of drug-likeness (QED) is 0.571. The summed E-state index contributed by atoms with van der Waals surface area (Å²) in [6.45, 7) is 1.99. The van der Waals surface area contributed by atoms with Crippen molar-refractivity contribution < 1.29 is 14.0 Å². The van der Waals surface area contributed by atoms with Gasteiger partial charge in [0, 0.05) is 30.9 Å². The van der Waals surface area contributed by atoms with E-state index in [0.717, 1.165) is 5.56 Å². The molecule has 0 saturated heterocycles. The average molecular weight is 393 g/mol. The van der Waals surface area contributed by atoms with Gasteiger partial charge >= 0.3 is 0 Å². The molecular weight excluding hydrogens is 373 g/mol. The van der Waals surface area contributed by atoms with Gasteiger partial charge < -0.3 is 16.0 Å². The molecule has 0 fully saturated rings. The monoisotopic (exact) mass is 393 g/mol. The lowest BCUT2D eigenvalue weighted by molar-refractivity contribution is -0.114. The minimum absolute atomic E-state index is 0.194. The number of hydrogen-bond donors (Lipinski definition) is 3. The van der Waals surface area contributed by atoms with Crippen LogP contribution in [0.4, 0.5) is 21.6 Å². The third-order valence-electron chi connectivity index (χ3n) is 3.97. The zero-order valence-corrected chi connectivity index (χ0v) is 15.8. The third-order valence-corrected chi connectivity index (χ3v) is 3.97. The largest absolute Gasteiger partial charge is 0.370 e. The lowest BCUT2D eigenvalue weighted by Gasteiger charge is -2.09. The van der Waals surface area contributed by atoms with E-state index in [2.05, 4.69) is 25.9 Å². The zero-order chi connectivity index (χ0) is 20.6. The maximum absolute atomic E-state index is 12.9. The van der Waals surface area contributed by atoms with Crippen molar-refractivity contribution in [1.82, 2.24) is 9.97 Å². The molecule has 2 aromatic carbocycles. The first-order valence-electron chi connectivity index (χ1n) is 8.99. The van der Waals surface area contributed by atoms with Crippen LogP contribution in [0.5, 0.6) is 0 Å². The Kier molecular flexibility index (Phi) is 6.47. The summed E-state index contributed by atoms with van der Waals surface area (Å²) in [5.41, 5.74) is 2.31. The van der Waals surface area contributed by atoms with Crippen molar-refractivity contribution in [3.05, 3.63) is 78.0 Å². The number of benzene rings is 2. The normalized spacial score (nSPS) is 10.3. The van der Waals surface area contributed by atoms with Gasteiger partial charge in [-0.25, -0.2) is 14.4 Å². The maximum atomic E-state index is 12.9. The first-order valence-corrected chi connectivity index (χ1v) is 8.99. The number of aromatic nitrogens is 2. The molecule has 1 aromatic heterocycles. The molecule has 0 spiro atoms. The fourth-order valence-electron chi connectivity index (χ4n) is 2.64. The fraction of sp³-hybridized carbons (Fsp3) is 0.143. The Labute approximate surface area is 167 Å². The molecule has 148 valence electrons. The molecule has 0 aliphatic rings. The van der Waals surface area contributed by atoms with Crippen LogP contribution < -0.4 is 16.0 Å². The van der Waals surface area contributed by atoms with E-state index in [1.165, 1.54) is 25.4 Å². The predicted octanol–water partition coefficient (Wildman–Crippen LogP) is 3.48. The van der Waals surface area contributed by atoms with Crippen LogP contribution in [-0.4, -0.2) is 28.3 Å². The lowest BCUT2D eigenvalue weighted by atomic mass is 10.1. The van der Waals surface area contributed by atoms with E-state index in [1.54, 1.807) is 42.5 Å². The average Bonchev–Trinajstić information content (AvgIpc) is 2.69. The van der Waals surface area contributed by atoms with Gasteiger partial charge in [0.2, 0.25) is 5.91 Å². The van der Waals surface area contributed by atoms with E-state index in [4.69, 9.17) is 0 Å². The van der Waals surface area contributed by atoms with Crippen molar-refractivity contribution in [1.29, 1.82) is 0 Å². The molecule has 2 amide bonds. The predicted molar refractivity (Wildman–Crippen MR) is 109 cm³/mol. The molecule has 3 N–H and O–H groups in total. The minimum Gasteiger partial charge on any atom is -0.370 e. The van der Waals surface area contributed by atoms with E-state index in [1.807, 2.05) is 0 Å². The highest BCUT2D eigenvalue weighted by atomic mass is 19.1. The standard InChI is InChI=1S/C21H20FN5O2/c1-14(28)26-17-3-2-4-18(11-17)27-21(29)19-12-20(25-13-24-19)23-10-9-15-5-7-16(22)8-6-15/h2-8,11-13H,9-10H2,1H3,(H,26,28)(H,27,29)(H,23,24,25). The summed E-state index contributed by atoms with van der Waals surface area (Å²) >= 11 is 0. The van der Waals surface area contributed by atoms with E-state index in [0.29, 0.717) is 30.2 Å². The number of hydrogen-bond acceptors (Lipinski definition) is 5. The van der Waals surface area contributed by atoms with E-state index in [-0.39, 0.29) is 17.4 Å².